The molecule has 1 heterocycles. The van der Waals surface area contributed by atoms with Crippen LogP contribution in [0, 0.1) is 5.92 Å². The lowest BCUT2D eigenvalue weighted by atomic mass is 9.86. The van der Waals surface area contributed by atoms with Crippen LogP contribution in [0.1, 0.15) is 72.1 Å². The maximum atomic E-state index is 13.4. The molecule has 0 spiro atoms. The van der Waals surface area contributed by atoms with E-state index in [1.54, 1.807) is 6.92 Å². The highest BCUT2D eigenvalue weighted by atomic mass is 32.2. The van der Waals surface area contributed by atoms with Crippen LogP contribution in [0.15, 0.2) is 0 Å². The van der Waals surface area contributed by atoms with Gasteiger partial charge in [-0.05, 0) is 38.5 Å². The zero-order valence-corrected chi connectivity index (χ0v) is 16.1. The fourth-order valence-corrected chi connectivity index (χ4v) is 7.71. The first kappa shape index (κ1) is 18.2. The number of hydrogen-bond acceptors (Lipinski definition) is 3. The zero-order chi connectivity index (χ0) is 17.5. The molecule has 5 nitrogen and oxygen atoms in total. The van der Waals surface area contributed by atoms with Gasteiger partial charge >= 0.3 is 0 Å². The molecule has 0 aromatic carbocycles. The number of piperazine rings is 1. The Balaban J connectivity index is 1.88. The first-order chi connectivity index (χ1) is 11.3. The van der Waals surface area contributed by atoms with Gasteiger partial charge in [0.05, 0.1) is 5.25 Å². The Labute approximate surface area is 146 Å². The van der Waals surface area contributed by atoms with Crippen molar-refractivity contribution < 1.29 is 13.2 Å². The number of rotatable bonds is 2. The summed E-state index contributed by atoms with van der Waals surface area (Å²) in [6.07, 6.45) is 7.73. The summed E-state index contributed by atoms with van der Waals surface area (Å²) in [4.78, 5) is 14.1. The molecule has 1 aliphatic heterocycles. The molecule has 5 atom stereocenters. The van der Waals surface area contributed by atoms with Gasteiger partial charge in [-0.2, -0.15) is 4.31 Å². The van der Waals surface area contributed by atoms with Gasteiger partial charge in [-0.15, -0.1) is 0 Å². The normalized spacial score (nSPS) is 38.6. The number of hydrogen-bond donors (Lipinski definition) is 0. The molecule has 3 aliphatic rings. The summed E-state index contributed by atoms with van der Waals surface area (Å²) in [6, 6.07) is 0.0227. The van der Waals surface area contributed by atoms with E-state index in [0.717, 1.165) is 51.4 Å². The van der Waals surface area contributed by atoms with Crippen molar-refractivity contribution in [2.24, 2.45) is 5.92 Å². The Morgan fingerprint density at radius 1 is 0.958 bits per heavy atom. The molecule has 2 aliphatic carbocycles. The lowest BCUT2D eigenvalue weighted by Gasteiger charge is -2.52. The Kier molecular flexibility index (Phi) is 5.26. The summed E-state index contributed by atoms with van der Waals surface area (Å²) in [5, 5.41) is -0.222. The van der Waals surface area contributed by atoms with Crippen molar-refractivity contribution in [1.82, 2.24) is 9.21 Å². The molecule has 1 saturated heterocycles. The lowest BCUT2D eigenvalue weighted by Crippen LogP contribution is -2.67. The quantitative estimate of drug-likeness (QED) is 0.764. The average Bonchev–Trinajstić information content (AvgIpc) is 2.53. The Morgan fingerprint density at radius 2 is 1.62 bits per heavy atom. The zero-order valence-electron chi connectivity index (χ0n) is 15.3. The summed E-state index contributed by atoms with van der Waals surface area (Å²) in [5.74, 6) is 0.583. The van der Waals surface area contributed by atoms with Gasteiger partial charge in [0.25, 0.3) is 0 Å². The predicted octanol–water partition coefficient (Wildman–Crippen LogP) is 2.76. The minimum Gasteiger partial charge on any atom is -0.334 e. The van der Waals surface area contributed by atoms with E-state index >= 15 is 0 Å². The van der Waals surface area contributed by atoms with Gasteiger partial charge in [0.2, 0.25) is 15.9 Å². The molecule has 3 fully saturated rings. The topological polar surface area (TPSA) is 57.7 Å². The van der Waals surface area contributed by atoms with Crippen molar-refractivity contribution >= 4 is 15.9 Å². The van der Waals surface area contributed by atoms with Crippen molar-refractivity contribution in [3.8, 4) is 0 Å². The first-order valence-electron chi connectivity index (χ1n) is 9.62. The molecule has 0 aromatic rings. The summed E-state index contributed by atoms with van der Waals surface area (Å²) >= 11 is 0. The predicted molar refractivity (Wildman–Crippen MR) is 95.1 cm³/mol. The van der Waals surface area contributed by atoms with Gasteiger partial charge in [-0.1, -0.05) is 32.6 Å². The number of sulfonamides is 1. The summed E-state index contributed by atoms with van der Waals surface area (Å²) < 4.78 is 28.6. The third kappa shape index (κ3) is 3.24. The lowest BCUT2D eigenvalue weighted by molar-refractivity contribution is -0.139. The Bertz CT molecular complexity index is 577. The highest BCUT2D eigenvalue weighted by molar-refractivity contribution is 7.89. The molecule has 0 aromatic heterocycles. The Hall–Kier alpha value is -0.620. The SMILES string of the molecule is CC(=O)N1C2CCCCC2N(S(=O)(=O)C2CCCC(C)C2)C[C@@H]1C. The van der Waals surface area contributed by atoms with Crippen LogP contribution in [0.25, 0.3) is 0 Å². The molecule has 0 N–H and O–H groups in total. The van der Waals surface area contributed by atoms with Crippen molar-refractivity contribution in [3.05, 3.63) is 0 Å². The van der Waals surface area contributed by atoms with E-state index < -0.39 is 10.0 Å². The van der Waals surface area contributed by atoms with Crippen LogP contribution in [-0.4, -0.2) is 53.5 Å². The van der Waals surface area contributed by atoms with Crippen LogP contribution in [0.4, 0.5) is 0 Å². The minimum atomic E-state index is -3.28. The molecular weight excluding hydrogens is 324 g/mol. The van der Waals surface area contributed by atoms with Crippen molar-refractivity contribution in [1.29, 1.82) is 0 Å². The maximum absolute atomic E-state index is 13.4. The minimum absolute atomic E-state index is 0.0129. The van der Waals surface area contributed by atoms with Crippen LogP contribution >= 0.6 is 0 Å². The second kappa shape index (κ2) is 6.94. The van der Waals surface area contributed by atoms with E-state index in [1.165, 1.54) is 0 Å². The molecule has 4 unspecified atom stereocenters. The van der Waals surface area contributed by atoms with E-state index in [1.807, 2.05) is 16.1 Å². The molecule has 24 heavy (non-hydrogen) atoms. The van der Waals surface area contributed by atoms with E-state index in [2.05, 4.69) is 6.92 Å². The van der Waals surface area contributed by atoms with E-state index in [0.29, 0.717) is 12.5 Å². The second-order valence-electron chi connectivity index (χ2n) is 8.20. The maximum Gasteiger partial charge on any atom is 0.220 e. The van der Waals surface area contributed by atoms with E-state index in [-0.39, 0.29) is 29.3 Å². The van der Waals surface area contributed by atoms with Crippen LogP contribution in [-0.2, 0) is 14.8 Å². The third-order valence-corrected chi connectivity index (χ3v) is 8.68. The number of amides is 1. The monoisotopic (exact) mass is 356 g/mol. The summed E-state index contributed by atoms with van der Waals surface area (Å²) in [7, 11) is -3.28. The second-order valence-corrected chi connectivity index (χ2v) is 10.4. The molecule has 0 radical (unpaired) electrons. The number of carbonyl (C=O) groups excluding carboxylic acids is 1. The van der Waals surface area contributed by atoms with Crippen LogP contribution in [0.3, 0.4) is 0 Å². The molecule has 1 amide bonds. The van der Waals surface area contributed by atoms with Crippen LogP contribution < -0.4 is 0 Å². The van der Waals surface area contributed by atoms with Crippen molar-refractivity contribution in [2.75, 3.05) is 6.54 Å². The third-order valence-electron chi connectivity index (χ3n) is 6.34. The molecule has 138 valence electrons. The first-order valence-corrected chi connectivity index (χ1v) is 11.1. The molecule has 3 rings (SSSR count). The smallest absolute Gasteiger partial charge is 0.220 e. The van der Waals surface area contributed by atoms with Gasteiger partial charge in [0.1, 0.15) is 0 Å². The summed E-state index contributed by atoms with van der Waals surface area (Å²) in [5.41, 5.74) is 0. The number of carbonyl (C=O) groups is 1. The van der Waals surface area contributed by atoms with Gasteiger partial charge in [-0.25, -0.2) is 8.42 Å². The molecule has 2 saturated carbocycles. The highest BCUT2D eigenvalue weighted by Crippen LogP contribution is 2.38. The van der Waals surface area contributed by atoms with Crippen molar-refractivity contribution in [2.45, 2.75) is 95.5 Å². The Morgan fingerprint density at radius 3 is 2.25 bits per heavy atom. The fraction of sp³-hybridized carbons (Fsp3) is 0.944. The largest absolute Gasteiger partial charge is 0.334 e. The van der Waals surface area contributed by atoms with Crippen molar-refractivity contribution in [3.63, 3.8) is 0 Å². The van der Waals surface area contributed by atoms with E-state index in [4.69, 9.17) is 0 Å². The van der Waals surface area contributed by atoms with Gasteiger partial charge in [0, 0.05) is 31.6 Å². The van der Waals surface area contributed by atoms with Gasteiger partial charge in [-0.3, -0.25) is 4.79 Å². The van der Waals surface area contributed by atoms with Gasteiger partial charge < -0.3 is 4.90 Å². The molecular formula is C18H32N2O3S. The van der Waals surface area contributed by atoms with Crippen LogP contribution in [0.2, 0.25) is 0 Å². The summed E-state index contributed by atoms with van der Waals surface area (Å²) in [6.45, 7) is 6.25. The molecule has 6 heteroatoms. The van der Waals surface area contributed by atoms with E-state index in [9.17, 15) is 13.2 Å². The average molecular weight is 357 g/mol. The van der Waals surface area contributed by atoms with Gasteiger partial charge in [0.15, 0.2) is 0 Å². The number of fused-ring (bicyclic) bond motifs is 1. The standard InChI is InChI=1S/C18H32N2O3S/c1-13-7-6-8-16(11-13)24(22,23)19-12-14(2)20(15(3)21)18-10-5-4-9-17(18)19/h13-14,16-18H,4-12H2,1-3H3/t13?,14-,16?,17?,18?/m0/s1. The fourth-order valence-electron chi connectivity index (χ4n) is 5.24. The van der Waals surface area contributed by atoms with Crippen LogP contribution in [0.5, 0.6) is 0 Å². The highest BCUT2D eigenvalue weighted by Gasteiger charge is 2.48. The molecule has 0 bridgehead atoms. The number of nitrogens with zero attached hydrogens (tertiary/aromatic N) is 2.